The normalized spacial score (nSPS) is 11.1. The van der Waals surface area contributed by atoms with E-state index in [2.05, 4.69) is 30.3 Å². The van der Waals surface area contributed by atoms with Gasteiger partial charge in [0.15, 0.2) is 0 Å². The fourth-order valence-electron chi connectivity index (χ4n) is 3.35. The summed E-state index contributed by atoms with van der Waals surface area (Å²) in [6, 6.07) is 30.4. The molecule has 1 N–H and O–H groups in total. The van der Waals surface area contributed by atoms with E-state index in [0.29, 0.717) is 23.5 Å². The number of nitrogens with zero attached hydrogens (tertiary/aromatic N) is 1. The quantitative estimate of drug-likeness (QED) is 0.307. The first-order chi connectivity index (χ1) is 15.1. The highest BCUT2D eigenvalue weighted by molar-refractivity contribution is 5.92. The Morgan fingerprint density at radius 3 is 2.29 bits per heavy atom. The van der Waals surface area contributed by atoms with Gasteiger partial charge >= 0.3 is 5.97 Å². The molecule has 31 heavy (non-hydrogen) atoms. The third-order valence-corrected chi connectivity index (χ3v) is 4.99. The van der Waals surface area contributed by atoms with Gasteiger partial charge < -0.3 is 9.84 Å². The van der Waals surface area contributed by atoms with Crippen LogP contribution in [0.5, 0.6) is 5.75 Å². The van der Waals surface area contributed by atoms with Crippen molar-refractivity contribution >= 4 is 28.4 Å². The number of nitriles is 1. The number of rotatable bonds is 6. The molecule has 4 nitrogen and oxygen atoms in total. The Bertz CT molecular complexity index is 1310. The predicted molar refractivity (Wildman–Crippen MR) is 122 cm³/mol. The lowest BCUT2D eigenvalue weighted by Gasteiger charge is -2.11. The van der Waals surface area contributed by atoms with Crippen molar-refractivity contribution in [3.63, 3.8) is 0 Å². The van der Waals surface area contributed by atoms with E-state index in [9.17, 15) is 10.1 Å². The number of ether oxygens (including phenoxy) is 1. The lowest BCUT2D eigenvalue weighted by molar-refractivity contribution is 0.0697. The Labute approximate surface area is 180 Å². The molecule has 0 radical (unpaired) electrons. The average Bonchev–Trinajstić information content (AvgIpc) is 2.81. The van der Waals surface area contributed by atoms with E-state index in [0.717, 1.165) is 16.5 Å². The van der Waals surface area contributed by atoms with Gasteiger partial charge in [-0.05, 0) is 52.2 Å². The van der Waals surface area contributed by atoms with Gasteiger partial charge in [0.25, 0.3) is 0 Å². The second-order valence-electron chi connectivity index (χ2n) is 7.06. The van der Waals surface area contributed by atoms with E-state index in [-0.39, 0.29) is 5.56 Å². The standard InChI is InChI=1S/C27H19NO3/c28-17-25(21-11-13-22(14-12-21)27(29)30)16-24-7-3-4-8-26(24)31-18-19-9-10-20-5-1-2-6-23(20)15-19/h1-16H,18H2,(H,29,30)/b25-16-. The van der Waals surface area contributed by atoms with Crippen molar-refractivity contribution in [3.05, 3.63) is 113 Å². The first-order valence-corrected chi connectivity index (χ1v) is 9.79. The number of benzene rings is 4. The number of carbonyl (C=O) groups is 1. The third-order valence-electron chi connectivity index (χ3n) is 4.99. The van der Waals surface area contributed by atoms with E-state index in [1.807, 2.05) is 42.5 Å². The highest BCUT2D eigenvalue weighted by atomic mass is 16.5. The summed E-state index contributed by atoms with van der Waals surface area (Å²) in [7, 11) is 0. The second-order valence-corrected chi connectivity index (χ2v) is 7.06. The molecule has 4 aromatic rings. The van der Waals surface area contributed by atoms with Crippen LogP contribution in [0.25, 0.3) is 22.4 Å². The van der Waals surface area contributed by atoms with Crippen molar-refractivity contribution in [2.24, 2.45) is 0 Å². The van der Waals surface area contributed by atoms with Crippen molar-refractivity contribution < 1.29 is 14.6 Å². The van der Waals surface area contributed by atoms with E-state index in [1.165, 1.54) is 17.5 Å². The van der Waals surface area contributed by atoms with Gasteiger partial charge in [-0.3, -0.25) is 0 Å². The van der Waals surface area contributed by atoms with Gasteiger partial charge in [0.2, 0.25) is 0 Å². The van der Waals surface area contributed by atoms with Crippen LogP contribution in [0.4, 0.5) is 0 Å². The second kappa shape index (κ2) is 8.98. The molecule has 0 heterocycles. The smallest absolute Gasteiger partial charge is 0.335 e. The molecule has 0 saturated heterocycles. The lowest BCUT2D eigenvalue weighted by Crippen LogP contribution is -1.97. The molecule has 0 bridgehead atoms. The number of carboxylic acids is 1. The zero-order valence-corrected chi connectivity index (χ0v) is 16.7. The van der Waals surface area contributed by atoms with Crippen LogP contribution in [0.3, 0.4) is 0 Å². The van der Waals surface area contributed by atoms with Gasteiger partial charge in [0.05, 0.1) is 17.2 Å². The molecule has 0 aliphatic carbocycles. The van der Waals surface area contributed by atoms with Gasteiger partial charge in [-0.2, -0.15) is 5.26 Å². The van der Waals surface area contributed by atoms with Gasteiger partial charge in [0.1, 0.15) is 12.4 Å². The molecule has 4 heteroatoms. The first-order valence-electron chi connectivity index (χ1n) is 9.79. The van der Waals surface area contributed by atoms with Crippen molar-refractivity contribution in [2.45, 2.75) is 6.61 Å². The van der Waals surface area contributed by atoms with Crippen molar-refractivity contribution in [3.8, 4) is 11.8 Å². The van der Waals surface area contributed by atoms with Gasteiger partial charge in [0, 0.05) is 5.56 Å². The van der Waals surface area contributed by atoms with E-state index in [1.54, 1.807) is 18.2 Å². The maximum absolute atomic E-state index is 11.1. The highest BCUT2D eigenvalue weighted by Crippen LogP contribution is 2.26. The van der Waals surface area contributed by atoms with E-state index < -0.39 is 5.97 Å². The summed E-state index contributed by atoms with van der Waals surface area (Å²) in [4.78, 5) is 11.1. The predicted octanol–water partition coefficient (Wildman–Crippen LogP) is 6.18. The lowest BCUT2D eigenvalue weighted by atomic mass is 10.0. The molecule has 0 fully saturated rings. The van der Waals surface area contributed by atoms with Crippen LogP contribution in [0, 0.1) is 11.3 Å². The molecule has 0 amide bonds. The van der Waals surface area contributed by atoms with Crippen LogP contribution < -0.4 is 4.74 Å². The molecule has 0 spiro atoms. The summed E-state index contributed by atoms with van der Waals surface area (Å²) < 4.78 is 6.07. The zero-order valence-electron chi connectivity index (χ0n) is 16.7. The topological polar surface area (TPSA) is 70.3 Å². The Morgan fingerprint density at radius 1 is 0.871 bits per heavy atom. The SMILES string of the molecule is N#C/C(=C/c1ccccc1OCc1ccc2ccccc2c1)c1ccc(C(=O)O)cc1. The molecule has 150 valence electrons. The molecule has 0 aromatic heterocycles. The average molecular weight is 405 g/mol. The summed E-state index contributed by atoms with van der Waals surface area (Å²) in [5, 5.41) is 21.0. The summed E-state index contributed by atoms with van der Waals surface area (Å²) in [5.41, 5.74) is 3.10. The van der Waals surface area contributed by atoms with Crippen LogP contribution in [0.2, 0.25) is 0 Å². The van der Waals surface area contributed by atoms with E-state index >= 15 is 0 Å². The minimum absolute atomic E-state index is 0.181. The zero-order chi connectivity index (χ0) is 21.6. The fraction of sp³-hybridized carbons (Fsp3) is 0.0370. The molecular formula is C27H19NO3. The van der Waals surface area contributed by atoms with Crippen LogP contribution in [0.15, 0.2) is 91.0 Å². The third kappa shape index (κ3) is 4.63. The largest absolute Gasteiger partial charge is 0.488 e. The van der Waals surface area contributed by atoms with Crippen molar-refractivity contribution in [1.82, 2.24) is 0 Å². The van der Waals surface area contributed by atoms with E-state index in [4.69, 9.17) is 9.84 Å². The van der Waals surface area contributed by atoms with Gasteiger partial charge in [-0.15, -0.1) is 0 Å². The molecule has 0 saturated carbocycles. The number of hydrogen-bond acceptors (Lipinski definition) is 3. The van der Waals surface area contributed by atoms with Crippen LogP contribution in [-0.2, 0) is 6.61 Å². The Balaban J connectivity index is 1.58. The van der Waals surface area contributed by atoms with Crippen molar-refractivity contribution in [1.29, 1.82) is 5.26 Å². The Hall–Kier alpha value is -4.36. The summed E-state index contributed by atoms with van der Waals surface area (Å²) in [6.07, 6.45) is 1.76. The molecule has 0 aliphatic rings. The number of para-hydroxylation sites is 1. The van der Waals surface area contributed by atoms with Crippen molar-refractivity contribution in [2.75, 3.05) is 0 Å². The number of carboxylic acid groups (broad SMARTS) is 1. The number of fused-ring (bicyclic) bond motifs is 1. The Kier molecular flexibility index (Phi) is 5.77. The summed E-state index contributed by atoms with van der Waals surface area (Å²) >= 11 is 0. The maximum Gasteiger partial charge on any atom is 0.335 e. The van der Waals surface area contributed by atoms with Crippen LogP contribution in [-0.4, -0.2) is 11.1 Å². The van der Waals surface area contributed by atoms with Crippen LogP contribution >= 0.6 is 0 Å². The Morgan fingerprint density at radius 2 is 1.55 bits per heavy atom. The molecule has 0 aliphatic heterocycles. The van der Waals surface area contributed by atoms with Gasteiger partial charge in [-0.1, -0.05) is 66.7 Å². The molecule has 4 rings (SSSR count). The molecule has 4 aromatic carbocycles. The monoisotopic (exact) mass is 405 g/mol. The maximum atomic E-state index is 11.1. The molecule has 0 atom stereocenters. The number of hydrogen-bond donors (Lipinski definition) is 1. The number of allylic oxidation sites excluding steroid dienone is 1. The number of aromatic carboxylic acids is 1. The van der Waals surface area contributed by atoms with Gasteiger partial charge in [-0.25, -0.2) is 4.79 Å². The summed E-state index contributed by atoms with van der Waals surface area (Å²) in [5.74, 6) is -0.327. The minimum atomic E-state index is -0.999. The summed E-state index contributed by atoms with van der Waals surface area (Å²) in [6.45, 7) is 0.408. The molecular weight excluding hydrogens is 386 g/mol. The minimum Gasteiger partial charge on any atom is -0.488 e. The fourth-order valence-corrected chi connectivity index (χ4v) is 3.35. The molecule has 0 unspecified atom stereocenters. The highest BCUT2D eigenvalue weighted by Gasteiger charge is 2.08. The van der Waals surface area contributed by atoms with Crippen LogP contribution in [0.1, 0.15) is 27.0 Å². The first kappa shape index (κ1) is 19.9.